The van der Waals surface area contributed by atoms with E-state index in [1.807, 2.05) is 13.8 Å². The number of carbonyl (C=O) groups excluding carboxylic acids is 1. The van der Waals surface area contributed by atoms with E-state index >= 15 is 0 Å². The minimum absolute atomic E-state index is 0.108. The van der Waals surface area contributed by atoms with Crippen molar-refractivity contribution in [2.45, 2.75) is 50.4 Å². The van der Waals surface area contributed by atoms with Gasteiger partial charge in [0, 0.05) is 6.54 Å². The molecule has 1 aromatic rings. The predicted octanol–water partition coefficient (Wildman–Crippen LogP) is 0.623. The molecule has 0 bridgehead atoms. The van der Waals surface area contributed by atoms with Crippen LogP contribution in [0.25, 0.3) is 0 Å². The highest BCUT2D eigenvalue weighted by Crippen LogP contribution is 2.36. The van der Waals surface area contributed by atoms with Gasteiger partial charge in [0.1, 0.15) is 0 Å². The van der Waals surface area contributed by atoms with Crippen LogP contribution in [-0.2, 0) is 4.79 Å². The van der Waals surface area contributed by atoms with Crippen LogP contribution < -0.4 is 5.32 Å². The monoisotopic (exact) mass is 299 g/mol. The van der Waals surface area contributed by atoms with Crippen molar-refractivity contribution >= 4 is 17.7 Å². The second-order valence-corrected chi connectivity index (χ2v) is 6.46. The lowest BCUT2D eigenvalue weighted by atomic mass is 10.1. The molecule has 0 aromatic carbocycles. The first-order valence-electron chi connectivity index (χ1n) is 6.91. The fourth-order valence-electron chi connectivity index (χ4n) is 1.87. The van der Waals surface area contributed by atoms with Crippen molar-refractivity contribution in [2.24, 2.45) is 5.92 Å². The van der Waals surface area contributed by atoms with Gasteiger partial charge in [-0.2, -0.15) is 0 Å². The zero-order valence-corrected chi connectivity index (χ0v) is 12.6. The van der Waals surface area contributed by atoms with Gasteiger partial charge in [-0.05, 0) is 35.6 Å². The van der Waals surface area contributed by atoms with Gasteiger partial charge in [0.15, 0.2) is 0 Å². The summed E-state index contributed by atoms with van der Waals surface area (Å²) in [4.78, 5) is 11.7. The second kappa shape index (κ2) is 7.03. The molecule has 0 saturated heterocycles. The Labute approximate surface area is 122 Å². The van der Waals surface area contributed by atoms with E-state index in [1.54, 1.807) is 4.68 Å². The molecule has 1 amide bonds. The smallest absolute Gasteiger partial charge is 0.230 e. The lowest BCUT2D eigenvalue weighted by molar-refractivity contribution is -0.119. The number of hydrogen-bond donors (Lipinski definition) is 2. The van der Waals surface area contributed by atoms with Gasteiger partial charge in [0.2, 0.25) is 11.1 Å². The lowest BCUT2D eigenvalue weighted by Gasteiger charge is -2.13. The quantitative estimate of drug-likeness (QED) is 0.684. The first-order valence-corrected chi connectivity index (χ1v) is 7.90. The highest BCUT2D eigenvalue weighted by Gasteiger charge is 2.28. The second-order valence-electron chi connectivity index (χ2n) is 5.51. The van der Waals surface area contributed by atoms with Crippen molar-refractivity contribution in [1.29, 1.82) is 0 Å². The molecule has 20 heavy (non-hydrogen) atoms. The SMILES string of the molecule is CC(C)CC(O)CNC(=O)CSc1nnnn1C1CC1. The first kappa shape index (κ1) is 15.2. The van der Waals surface area contributed by atoms with Gasteiger partial charge in [0.05, 0.1) is 17.9 Å². The Bertz CT molecular complexity index is 447. The third-order valence-electron chi connectivity index (χ3n) is 2.97. The molecule has 1 atom stereocenters. The van der Waals surface area contributed by atoms with Crippen LogP contribution in [0.5, 0.6) is 0 Å². The Hall–Kier alpha value is -1.15. The molecule has 1 aliphatic carbocycles. The number of aliphatic hydroxyl groups excluding tert-OH is 1. The third kappa shape index (κ3) is 4.75. The standard InChI is InChI=1S/C12H21N5O2S/c1-8(2)5-10(18)6-13-11(19)7-20-12-14-15-16-17(12)9-3-4-9/h8-10,18H,3-7H2,1-2H3,(H,13,19). The number of rotatable bonds is 8. The molecular weight excluding hydrogens is 278 g/mol. The van der Waals surface area contributed by atoms with Crippen molar-refractivity contribution in [2.75, 3.05) is 12.3 Å². The van der Waals surface area contributed by atoms with Crippen molar-refractivity contribution in [3.05, 3.63) is 0 Å². The molecular formula is C12H21N5O2S. The summed E-state index contributed by atoms with van der Waals surface area (Å²) in [5.74, 6) is 0.573. The molecule has 7 nitrogen and oxygen atoms in total. The van der Waals surface area contributed by atoms with E-state index in [0.29, 0.717) is 30.1 Å². The van der Waals surface area contributed by atoms with Gasteiger partial charge in [-0.1, -0.05) is 25.6 Å². The number of nitrogens with one attached hydrogen (secondary N) is 1. The Morgan fingerprint density at radius 2 is 2.30 bits per heavy atom. The van der Waals surface area contributed by atoms with E-state index in [9.17, 15) is 9.90 Å². The molecule has 0 radical (unpaired) electrons. The predicted molar refractivity (Wildman–Crippen MR) is 75.3 cm³/mol. The highest BCUT2D eigenvalue weighted by molar-refractivity contribution is 7.99. The Morgan fingerprint density at radius 3 is 2.95 bits per heavy atom. The molecule has 2 rings (SSSR count). The number of tetrazole rings is 1. The number of nitrogens with zero attached hydrogens (tertiary/aromatic N) is 4. The normalized spacial score (nSPS) is 16.4. The zero-order chi connectivity index (χ0) is 14.5. The fourth-order valence-corrected chi connectivity index (χ4v) is 2.64. The summed E-state index contributed by atoms with van der Waals surface area (Å²) in [6.07, 6.45) is 2.41. The largest absolute Gasteiger partial charge is 0.391 e. The van der Waals surface area contributed by atoms with E-state index in [0.717, 1.165) is 12.8 Å². The van der Waals surface area contributed by atoms with Crippen molar-refractivity contribution in [3.63, 3.8) is 0 Å². The molecule has 1 fully saturated rings. The van der Waals surface area contributed by atoms with Crippen LogP contribution >= 0.6 is 11.8 Å². The van der Waals surface area contributed by atoms with Gasteiger partial charge in [-0.25, -0.2) is 4.68 Å². The van der Waals surface area contributed by atoms with Crippen molar-refractivity contribution < 1.29 is 9.90 Å². The average molecular weight is 299 g/mol. The molecule has 0 aliphatic heterocycles. The van der Waals surface area contributed by atoms with Crippen LogP contribution in [0.2, 0.25) is 0 Å². The zero-order valence-electron chi connectivity index (χ0n) is 11.8. The van der Waals surface area contributed by atoms with Crippen molar-refractivity contribution in [3.8, 4) is 0 Å². The van der Waals surface area contributed by atoms with Gasteiger partial charge in [-0.15, -0.1) is 5.10 Å². The minimum Gasteiger partial charge on any atom is -0.391 e. The number of carbonyl (C=O) groups is 1. The minimum atomic E-state index is -0.485. The van der Waals surface area contributed by atoms with E-state index in [2.05, 4.69) is 20.8 Å². The summed E-state index contributed by atoms with van der Waals surface area (Å²) in [6, 6.07) is 0.406. The lowest BCUT2D eigenvalue weighted by Crippen LogP contribution is -2.33. The average Bonchev–Trinajstić information content (AvgIpc) is 3.12. The summed E-state index contributed by atoms with van der Waals surface area (Å²) in [6.45, 7) is 4.38. The number of aromatic nitrogens is 4. The molecule has 1 unspecified atom stereocenters. The molecule has 1 aliphatic rings. The van der Waals surface area contributed by atoms with Crippen LogP contribution in [0.3, 0.4) is 0 Å². The van der Waals surface area contributed by atoms with E-state index in [-0.39, 0.29) is 11.7 Å². The van der Waals surface area contributed by atoms with Gasteiger partial charge in [0.25, 0.3) is 0 Å². The maximum atomic E-state index is 11.7. The Balaban J connectivity index is 1.68. The highest BCUT2D eigenvalue weighted by atomic mass is 32.2. The van der Waals surface area contributed by atoms with E-state index < -0.39 is 6.10 Å². The molecule has 112 valence electrons. The van der Waals surface area contributed by atoms with Crippen molar-refractivity contribution in [1.82, 2.24) is 25.5 Å². The first-order chi connectivity index (χ1) is 9.56. The van der Waals surface area contributed by atoms with E-state index in [1.165, 1.54) is 11.8 Å². The van der Waals surface area contributed by atoms with Gasteiger partial charge in [-0.3, -0.25) is 4.79 Å². The summed E-state index contributed by atoms with van der Waals surface area (Å²) in [5, 5.41) is 24.6. The van der Waals surface area contributed by atoms with Crippen LogP contribution in [0.1, 0.15) is 39.2 Å². The number of aliphatic hydroxyl groups is 1. The van der Waals surface area contributed by atoms with Crippen LogP contribution in [0.15, 0.2) is 5.16 Å². The molecule has 0 spiro atoms. The fraction of sp³-hybridized carbons (Fsp3) is 0.833. The molecule has 2 N–H and O–H groups in total. The summed E-state index contributed by atoms with van der Waals surface area (Å²) in [7, 11) is 0. The number of amides is 1. The molecule has 8 heteroatoms. The topological polar surface area (TPSA) is 92.9 Å². The number of hydrogen-bond acceptors (Lipinski definition) is 6. The molecule has 1 aromatic heterocycles. The van der Waals surface area contributed by atoms with Crippen LogP contribution in [0, 0.1) is 5.92 Å². The molecule has 1 heterocycles. The maximum Gasteiger partial charge on any atom is 0.230 e. The number of thioether (sulfide) groups is 1. The summed E-state index contributed by atoms with van der Waals surface area (Å²) < 4.78 is 1.78. The third-order valence-corrected chi connectivity index (χ3v) is 3.90. The van der Waals surface area contributed by atoms with Gasteiger partial charge < -0.3 is 10.4 Å². The van der Waals surface area contributed by atoms with Gasteiger partial charge >= 0.3 is 0 Å². The van der Waals surface area contributed by atoms with Crippen LogP contribution in [0.4, 0.5) is 0 Å². The van der Waals surface area contributed by atoms with E-state index in [4.69, 9.17) is 0 Å². The van der Waals surface area contributed by atoms with Crippen LogP contribution in [-0.4, -0.2) is 49.6 Å². The molecule has 1 saturated carbocycles. The summed E-state index contributed by atoms with van der Waals surface area (Å²) >= 11 is 1.33. The maximum absolute atomic E-state index is 11.7. The Morgan fingerprint density at radius 1 is 1.55 bits per heavy atom. The Kier molecular flexibility index (Phi) is 5.36. The summed E-state index contributed by atoms with van der Waals surface area (Å²) in [5.41, 5.74) is 0.